The van der Waals surface area contributed by atoms with E-state index < -0.39 is 0 Å². The Morgan fingerprint density at radius 3 is 2.19 bits per heavy atom. The molecule has 0 bridgehead atoms. The van der Waals surface area contributed by atoms with Crippen LogP contribution in [-0.4, -0.2) is 56.2 Å². The summed E-state index contributed by atoms with van der Waals surface area (Å²) < 4.78 is 17.4. The molecule has 2 atom stereocenters. The lowest BCUT2D eigenvalue weighted by molar-refractivity contribution is -0.254. The lowest BCUT2D eigenvalue weighted by Crippen LogP contribution is -2.50. The van der Waals surface area contributed by atoms with E-state index in [0.717, 1.165) is 64.3 Å². The molecule has 1 saturated heterocycles. The molecule has 2 fully saturated rings. The molecule has 4 heteroatoms. The second kappa shape index (κ2) is 8.47. The third-order valence-corrected chi connectivity index (χ3v) is 4.96. The van der Waals surface area contributed by atoms with Gasteiger partial charge < -0.3 is 14.2 Å². The first-order valence-corrected chi connectivity index (χ1v) is 8.82. The van der Waals surface area contributed by atoms with Gasteiger partial charge in [0.1, 0.15) is 0 Å². The van der Waals surface area contributed by atoms with E-state index in [-0.39, 0.29) is 5.79 Å². The smallest absolute Gasteiger partial charge is 0.170 e. The van der Waals surface area contributed by atoms with Crippen molar-refractivity contribution >= 4 is 0 Å². The Bertz CT molecular complexity index is 282. The number of hydrogen-bond donors (Lipinski definition) is 0. The largest absolute Gasteiger partial charge is 0.381 e. The van der Waals surface area contributed by atoms with Gasteiger partial charge in [-0.1, -0.05) is 0 Å². The van der Waals surface area contributed by atoms with Gasteiger partial charge in [-0.2, -0.15) is 0 Å². The highest BCUT2D eigenvalue weighted by Gasteiger charge is 2.39. The summed E-state index contributed by atoms with van der Waals surface area (Å²) in [6.45, 7) is 11.7. The van der Waals surface area contributed by atoms with Crippen LogP contribution in [0, 0.1) is 5.92 Å². The fraction of sp³-hybridized carbons (Fsp3) is 1.00. The maximum atomic E-state index is 5.93. The summed E-state index contributed by atoms with van der Waals surface area (Å²) in [7, 11) is 0. The molecular weight excluding hydrogens is 266 g/mol. The Morgan fingerprint density at radius 1 is 0.952 bits per heavy atom. The zero-order valence-electron chi connectivity index (χ0n) is 14.1. The fourth-order valence-electron chi connectivity index (χ4n) is 3.90. The highest BCUT2D eigenvalue weighted by Crippen LogP contribution is 2.34. The van der Waals surface area contributed by atoms with E-state index in [9.17, 15) is 0 Å². The van der Waals surface area contributed by atoms with Crippen LogP contribution in [0.25, 0.3) is 0 Å². The molecule has 124 valence electrons. The zero-order valence-corrected chi connectivity index (χ0v) is 14.1. The summed E-state index contributed by atoms with van der Waals surface area (Å²) in [4.78, 5) is 2.65. The van der Waals surface area contributed by atoms with Gasteiger partial charge in [0.25, 0.3) is 0 Å². The van der Waals surface area contributed by atoms with Gasteiger partial charge in [0.05, 0.1) is 0 Å². The third kappa shape index (κ3) is 4.65. The minimum atomic E-state index is -0.316. The molecule has 1 aliphatic heterocycles. The van der Waals surface area contributed by atoms with E-state index in [4.69, 9.17) is 14.2 Å². The van der Waals surface area contributed by atoms with Crippen molar-refractivity contribution in [3.63, 3.8) is 0 Å². The van der Waals surface area contributed by atoms with Crippen LogP contribution in [0.1, 0.15) is 52.9 Å². The van der Waals surface area contributed by atoms with E-state index in [2.05, 4.69) is 25.7 Å². The Labute approximate surface area is 130 Å². The number of piperidine rings is 1. The van der Waals surface area contributed by atoms with Crippen molar-refractivity contribution in [3.8, 4) is 0 Å². The van der Waals surface area contributed by atoms with Gasteiger partial charge in [-0.25, -0.2) is 0 Å². The van der Waals surface area contributed by atoms with Gasteiger partial charge in [-0.15, -0.1) is 0 Å². The maximum absolute atomic E-state index is 5.93. The topological polar surface area (TPSA) is 30.9 Å². The lowest BCUT2D eigenvalue weighted by atomic mass is 10.0. The van der Waals surface area contributed by atoms with Crippen LogP contribution in [-0.2, 0) is 14.2 Å². The van der Waals surface area contributed by atoms with Crippen molar-refractivity contribution in [3.05, 3.63) is 0 Å². The standard InChI is InChI=1S/C17H33NO3/c1-4-19-14-15-7-8-16(13-15)18-11-9-17(10-12-18,20-5-2)21-6-3/h15-16H,4-14H2,1-3H3. The number of rotatable bonds is 8. The quantitative estimate of drug-likeness (QED) is 0.645. The SMILES string of the molecule is CCOCC1CCC(N2CCC(OCC)(OCC)CC2)C1. The Kier molecular flexibility index (Phi) is 6.93. The van der Waals surface area contributed by atoms with Gasteiger partial charge in [0.15, 0.2) is 5.79 Å². The molecule has 4 nitrogen and oxygen atoms in total. The summed E-state index contributed by atoms with van der Waals surface area (Å²) in [5, 5.41) is 0. The summed E-state index contributed by atoms with van der Waals surface area (Å²) in [5.74, 6) is 0.448. The van der Waals surface area contributed by atoms with Crippen LogP contribution in [0.15, 0.2) is 0 Å². The normalized spacial score (nSPS) is 29.9. The Hall–Kier alpha value is -0.160. The number of nitrogens with zero attached hydrogens (tertiary/aromatic N) is 1. The molecular formula is C17H33NO3. The molecule has 1 heterocycles. The van der Waals surface area contributed by atoms with Gasteiger partial charge in [0, 0.05) is 58.4 Å². The molecule has 0 radical (unpaired) electrons. The lowest BCUT2D eigenvalue weighted by Gasteiger charge is -2.43. The molecule has 0 aromatic heterocycles. The molecule has 0 amide bonds. The van der Waals surface area contributed by atoms with Gasteiger partial charge in [-0.05, 0) is 46.0 Å². The van der Waals surface area contributed by atoms with Crippen molar-refractivity contribution in [2.45, 2.75) is 64.7 Å². The summed E-state index contributed by atoms with van der Waals surface area (Å²) >= 11 is 0. The number of likely N-dealkylation sites (tertiary alicyclic amines) is 1. The van der Waals surface area contributed by atoms with Crippen molar-refractivity contribution in [1.29, 1.82) is 0 Å². The predicted molar refractivity (Wildman–Crippen MR) is 84.4 cm³/mol. The van der Waals surface area contributed by atoms with Crippen molar-refractivity contribution < 1.29 is 14.2 Å². The highest BCUT2D eigenvalue weighted by molar-refractivity contribution is 4.88. The van der Waals surface area contributed by atoms with E-state index in [1.807, 2.05) is 0 Å². The van der Waals surface area contributed by atoms with Crippen LogP contribution < -0.4 is 0 Å². The zero-order chi connectivity index (χ0) is 15.1. The van der Waals surface area contributed by atoms with Crippen molar-refractivity contribution in [2.24, 2.45) is 5.92 Å². The molecule has 2 rings (SSSR count). The van der Waals surface area contributed by atoms with Crippen molar-refractivity contribution in [2.75, 3.05) is 39.5 Å². The average molecular weight is 299 g/mol. The molecule has 21 heavy (non-hydrogen) atoms. The highest BCUT2D eigenvalue weighted by atomic mass is 16.7. The Balaban J connectivity index is 1.78. The van der Waals surface area contributed by atoms with Gasteiger partial charge in [-0.3, -0.25) is 4.90 Å². The van der Waals surface area contributed by atoms with Crippen LogP contribution in [0.2, 0.25) is 0 Å². The molecule has 0 spiro atoms. The third-order valence-electron chi connectivity index (χ3n) is 4.96. The van der Waals surface area contributed by atoms with Crippen molar-refractivity contribution in [1.82, 2.24) is 4.90 Å². The second-order valence-electron chi connectivity index (χ2n) is 6.31. The predicted octanol–water partition coefficient (Wildman–Crippen LogP) is 3.06. The number of ether oxygens (including phenoxy) is 3. The molecule has 2 aliphatic rings. The molecule has 0 aromatic rings. The van der Waals surface area contributed by atoms with Crippen LogP contribution >= 0.6 is 0 Å². The van der Waals surface area contributed by atoms with Crippen LogP contribution in [0.4, 0.5) is 0 Å². The first-order valence-electron chi connectivity index (χ1n) is 8.82. The molecule has 1 saturated carbocycles. The maximum Gasteiger partial charge on any atom is 0.170 e. The minimum Gasteiger partial charge on any atom is -0.381 e. The van der Waals surface area contributed by atoms with Crippen LogP contribution in [0.3, 0.4) is 0 Å². The van der Waals surface area contributed by atoms with E-state index >= 15 is 0 Å². The summed E-state index contributed by atoms with van der Waals surface area (Å²) in [6.07, 6.45) is 5.95. The van der Waals surface area contributed by atoms with E-state index in [1.165, 1.54) is 19.3 Å². The van der Waals surface area contributed by atoms with Gasteiger partial charge >= 0.3 is 0 Å². The van der Waals surface area contributed by atoms with E-state index in [0.29, 0.717) is 0 Å². The van der Waals surface area contributed by atoms with Gasteiger partial charge in [0.2, 0.25) is 0 Å². The van der Waals surface area contributed by atoms with E-state index in [1.54, 1.807) is 0 Å². The molecule has 1 aliphatic carbocycles. The average Bonchev–Trinajstić information content (AvgIpc) is 2.95. The molecule has 2 unspecified atom stereocenters. The fourth-order valence-corrected chi connectivity index (χ4v) is 3.90. The summed E-state index contributed by atoms with van der Waals surface area (Å²) in [5.41, 5.74) is 0. The second-order valence-corrected chi connectivity index (χ2v) is 6.31. The summed E-state index contributed by atoms with van der Waals surface area (Å²) in [6, 6.07) is 0.747. The first-order chi connectivity index (χ1) is 10.2. The number of hydrogen-bond acceptors (Lipinski definition) is 4. The minimum absolute atomic E-state index is 0.316. The molecule has 0 N–H and O–H groups in total. The monoisotopic (exact) mass is 299 g/mol. The van der Waals surface area contributed by atoms with Crippen LogP contribution in [0.5, 0.6) is 0 Å². The first kappa shape index (κ1) is 17.2. The molecule has 0 aromatic carbocycles. The Morgan fingerprint density at radius 2 is 1.62 bits per heavy atom.